The Morgan fingerprint density at radius 2 is 1.76 bits per heavy atom. The van der Waals surface area contributed by atoms with Crippen LogP contribution in [0.4, 0.5) is 24.5 Å². The van der Waals surface area contributed by atoms with Gasteiger partial charge in [-0.15, -0.1) is 0 Å². The largest absolute Gasteiger partial charge is 0.416 e. The lowest BCUT2D eigenvalue weighted by Gasteiger charge is -2.21. The Bertz CT molecular complexity index is 648. The first-order chi connectivity index (χ1) is 9.95. The Kier molecular flexibility index (Phi) is 3.27. The van der Waals surface area contributed by atoms with Crippen molar-refractivity contribution in [3.8, 4) is 0 Å². The third-order valence-corrected chi connectivity index (χ3v) is 3.77. The molecule has 2 aromatic rings. The second-order valence-electron chi connectivity index (χ2n) is 5.22. The number of rotatable bonds is 2. The van der Waals surface area contributed by atoms with Crippen LogP contribution in [-0.2, 0) is 19.1 Å². The van der Waals surface area contributed by atoms with Crippen molar-refractivity contribution in [2.75, 3.05) is 17.2 Å². The molecule has 0 atom stereocenters. The van der Waals surface area contributed by atoms with Crippen LogP contribution in [-0.4, -0.2) is 6.54 Å². The van der Waals surface area contributed by atoms with Crippen LogP contribution in [0.2, 0.25) is 0 Å². The van der Waals surface area contributed by atoms with Crippen molar-refractivity contribution < 1.29 is 13.2 Å². The van der Waals surface area contributed by atoms with Crippen LogP contribution < -0.4 is 10.6 Å². The van der Waals surface area contributed by atoms with Crippen molar-refractivity contribution in [3.05, 3.63) is 59.2 Å². The number of anilines is 2. The van der Waals surface area contributed by atoms with Gasteiger partial charge in [0.1, 0.15) is 0 Å². The molecule has 0 saturated heterocycles. The maximum Gasteiger partial charge on any atom is 0.416 e. The standard InChI is InChI=1S/C16H15F3N2/c17-16(18,19)13-6-4-11(5-7-13)10-21-9-8-12-2-1-3-14(20)15(12)21/h1-7H,8-10,20H2. The molecular formula is C16H15F3N2. The van der Waals surface area contributed by atoms with Gasteiger partial charge in [-0.25, -0.2) is 0 Å². The molecule has 0 saturated carbocycles. The summed E-state index contributed by atoms with van der Waals surface area (Å²) in [5, 5.41) is 0. The summed E-state index contributed by atoms with van der Waals surface area (Å²) < 4.78 is 37.6. The summed E-state index contributed by atoms with van der Waals surface area (Å²) >= 11 is 0. The highest BCUT2D eigenvalue weighted by molar-refractivity contribution is 5.74. The SMILES string of the molecule is Nc1cccc2c1N(Cc1ccc(C(F)(F)F)cc1)CC2. The number of nitrogens with two attached hydrogens (primary N) is 1. The van der Waals surface area contributed by atoms with Gasteiger partial charge < -0.3 is 10.6 Å². The molecule has 0 bridgehead atoms. The fourth-order valence-corrected chi connectivity index (χ4v) is 2.74. The van der Waals surface area contributed by atoms with Crippen molar-refractivity contribution >= 4 is 11.4 Å². The molecule has 0 fully saturated rings. The zero-order valence-corrected chi connectivity index (χ0v) is 11.3. The molecule has 2 aromatic carbocycles. The predicted octanol–water partition coefficient (Wildman–Crippen LogP) is 3.85. The van der Waals surface area contributed by atoms with E-state index >= 15 is 0 Å². The first-order valence-corrected chi connectivity index (χ1v) is 6.73. The molecule has 0 aromatic heterocycles. The maximum atomic E-state index is 12.5. The third-order valence-electron chi connectivity index (χ3n) is 3.77. The van der Waals surface area contributed by atoms with Gasteiger partial charge in [0.05, 0.1) is 16.9 Å². The van der Waals surface area contributed by atoms with E-state index in [1.54, 1.807) is 0 Å². The summed E-state index contributed by atoms with van der Waals surface area (Å²) in [7, 11) is 0. The second kappa shape index (κ2) is 4.98. The van der Waals surface area contributed by atoms with Gasteiger partial charge in [0, 0.05) is 13.1 Å². The quantitative estimate of drug-likeness (QED) is 0.852. The van der Waals surface area contributed by atoms with Crippen LogP contribution in [0.1, 0.15) is 16.7 Å². The van der Waals surface area contributed by atoms with E-state index in [-0.39, 0.29) is 0 Å². The number of nitrogens with zero attached hydrogens (tertiary/aromatic N) is 1. The van der Waals surface area contributed by atoms with Gasteiger partial charge in [0.15, 0.2) is 0 Å². The van der Waals surface area contributed by atoms with Crippen molar-refractivity contribution in [2.45, 2.75) is 19.1 Å². The molecule has 0 radical (unpaired) electrons. The van der Waals surface area contributed by atoms with E-state index < -0.39 is 11.7 Å². The summed E-state index contributed by atoms with van der Waals surface area (Å²) in [4.78, 5) is 2.12. The van der Waals surface area contributed by atoms with E-state index in [4.69, 9.17) is 5.73 Å². The Morgan fingerprint density at radius 1 is 1.05 bits per heavy atom. The highest BCUT2D eigenvalue weighted by Crippen LogP contribution is 2.35. The van der Waals surface area contributed by atoms with Crippen LogP contribution in [0.5, 0.6) is 0 Å². The molecule has 1 aliphatic heterocycles. The summed E-state index contributed by atoms with van der Waals surface area (Å²) in [5.74, 6) is 0. The molecule has 2 nitrogen and oxygen atoms in total. The molecule has 110 valence electrons. The Labute approximate surface area is 121 Å². The number of nitrogen functional groups attached to an aromatic ring is 1. The molecule has 1 heterocycles. The molecule has 0 amide bonds. The topological polar surface area (TPSA) is 29.3 Å². The maximum absolute atomic E-state index is 12.5. The van der Waals surface area contributed by atoms with Crippen molar-refractivity contribution in [1.29, 1.82) is 0 Å². The number of hydrogen-bond donors (Lipinski definition) is 1. The van der Waals surface area contributed by atoms with Crippen molar-refractivity contribution in [3.63, 3.8) is 0 Å². The van der Waals surface area contributed by atoms with Crippen molar-refractivity contribution in [2.24, 2.45) is 0 Å². The molecule has 0 spiro atoms. The second-order valence-corrected chi connectivity index (χ2v) is 5.22. The lowest BCUT2D eigenvalue weighted by atomic mass is 10.1. The Hall–Kier alpha value is -2.17. The molecular weight excluding hydrogens is 277 g/mol. The van der Waals surface area contributed by atoms with Crippen LogP contribution in [0, 0.1) is 0 Å². The van der Waals surface area contributed by atoms with Gasteiger partial charge in [0.2, 0.25) is 0 Å². The van der Waals surface area contributed by atoms with Crippen LogP contribution in [0.15, 0.2) is 42.5 Å². The first-order valence-electron chi connectivity index (χ1n) is 6.73. The first kappa shape index (κ1) is 13.8. The van der Waals surface area contributed by atoms with E-state index in [2.05, 4.69) is 4.90 Å². The van der Waals surface area contributed by atoms with Gasteiger partial charge in [0.25, 0.3) is 0 Å². The lowest BCUT2D eigenvalue weighted by molar-refractivity contribution is -0.137. The summed E-state index contributed by atoms with van der Waals surface area (Å²) in [6.45, 7) is 1.41. The zero-order chi connectivity index (χ0) is 15.0. The molecule has 0 aliphatic carbocycles. The van der Waals surface area contributed by atoms with E-state index in [0.29, 0.717) is 6.54 Å². The molecule has 2 N–H and O–H groups in total. The fourth-order valence-electron chi connectivity index (χ4n) is 2.74. The van der Waals surface area contributed by atoms with Gasteiger partial charge in [-0.05, 0) is 35.7 Å². The predicted molar refractivity (Wildman–Crippen MR) is 77.1 cm³/mol. The number of halogens is 3. The molecule has 3 rings (SSSR count). The van der Waals surface area contributed by atoms with Crippen LogP contribution in [0.3, 0.4) is 0 Å². The zero-order valence-electron chi connectivity index (χ0n) is 11.3. The number of para-hydroxylation sites is 1. The minimum absolute atomic E-state index is 0.569. The smallest absolute Gasteiger partial charge is 0.397 e. The summed E-state index contributed by atoms with van der Waals surface area (Å²) in [6.07, 6.45) is -3.37. The monoisotopic (exact) mass is 292 g/mol. The van der Waals surface area contributed by atoms with E-state index in [9.17, 15) is 13.2 Å². The highest BCUT2D eigenvalue weighted by atomic mass is 19.4. The van der Waals surface area contributed by atoms with E-state index in [0.717, 1.165) is 42.0 Å². The van der Waals surface area contributed by atoms with Crippen LogP contribution >= 0.6 is 0 Å². The Morgan fingerprint density at radius 3 is 2.43 bits per heavy atom. The molecule has 0 unspecified atom stereocenters. The minimum atomic E-state index is -4.29. The average Bonchev–Trinajstić information content (AvgIpc) is 2.83. The van der Waals surface area contributed by atoms with Crippen molar-refractivity contribution in [1.82, 2.24) is 0 Å². The van der Waals surface area contributed by atoms with E-state index in [1.807, 2.05) is 18.2 Å². The number of alkyl halides is 3. The fraction of sp³-hybridized carbons (Fsp3) is 0.250. The Balaban J connectivity index is 1.80. The lowest BCUT2D eigenvalue weighted by Crippen LogP contribution is -2.20. The molecule has 21 heavy (non-hydrogen) atoms. The van der Waals surface area contributed by atoms with Gasteiger partial charge in [-0.1, -0.05) is 24.3 Å². The van der Waals surface area contributed by atoms with E-state index in [1.165, 1.54) is 17.7 Å². The summed E-state index contributed by atoms with van der Waals surface area (Å²) in [5.41, 5.74) is 9.16. The molecule has 1 aliphatic rings. The molecule has 5 heteroatoms. The number of hydrogen-bond acceptors (Lipinski definition) is 2. The van der Waals surface area contributed by atoms with Crippen LogP contribution in [0.25, 0.3) is 0 Å². The van der Waals surface area contributed by atoms with Gasteiger partial charge in [-0.2, -0.15) is 13.2 Å². The average molecular weight is 292 g/mol. The normalized spacial score (nSPS) is 14.3. The third kappa shape index (κ3) is 2.68. The van der Waals surface area contributed by atoms with Gasteiger partial charge in [-0.3, -0.25) is 0 Å². The number of fused-ring (bicyclic) bond motifs is 1. The summed E-state index contributed by atoms with van der Waals surface area (Å²) in [6, 6.07) is 11.1. The number of benzene rings is 2. The van der Waals surface area contributed by atoms with Gasteiger partial charge >= 0.3 is 6.18 Å². The minimum Gasteiger partial charge on any atom is -0.397 e. The highest BCUT2D eigenvalue weighted by Gasteiger charge is 2.30.